The van der Waals surface area contributed by atoms with Crippen molar-refractivity contribution in [1.82, 2.24) is 15.4 Å². The third-order valence-electron chi connectivity index (χ3n) is 6.28. The number of nitrogens with zero attached hydrogens (tertiary/aromatic N) is 2. The molecular formula is C31H32FN3O3. The van der Waals surface area contributed by atoms with E-state index in [0.29, 0.717) is 17.9 Å². The van der Waals surface area contributed by atoms with Crippen molar-refractivity contribution in [2.24, 2.45) is 0 Å². The van der Waals surface area contributed by atoms with Gasteiger partial charge in [-0.05, 0) is 53.3 Å². The molecule has 0 saturated heterocycles. The van der Waals surface area contributed by atoms with Crippen LogP contribution in [0.25, 0.3) is 0 Å². The summed E-state index contributed by atoms with van der Waals surface area (Å²) in [6.07, 6.45) is 0. The largest absolute Gasteiger partial charge is 0.359 e. The van der Waals surface area contributed by atoms with Crippen molar-refractivity contribution in [3.8, 4) is 0 Å². The number of aromatic nitrogens is 1. The number of amides is 2. The number of aryl methyl sites for hydroxylation is 1. The fourth-order valence-electron chi connectivity index (χ4n) is 3.97. The van der Waals surface area contributed by atoms with Crippen LogP contribution in [0, 0.1) is 12.7 Å². The summed E-state index contributed by atoms with van der Waals surface area (Å²) in [6.45, 7) is 9.14. The summed E-state index contributed by atoms with van der Waals surface area (Å²) in [5.74, 6) is -0.511. The van der Waals surface area contributed by atoms with Gasteiger partial charge < -0.3 is 14.7 Å². The summed E-state index contributed by atoms with van der Waals surface area (Å²) >= 11 is 0. The van der Waals surface area contributed by atoms with Crippen molar-refractivity contribution in [3.63, 3.8) is 0 Å². The molecule has 6 nitrogen and oxygen atoms in total. The lowest BCUT2D eigenvalue weighted by Gasteiger charge is -2.23. The first-order chi connectivity index (χ1) is 18.1. The second-order valence-corrected chi connectivity index (χ2v) is 10.5. The van der Waals surface area contributed by atoms with Gasteiger partial charge >= 0.3 is 0 Å². The predicted octanol–water partition coefficient (Wildman–Crippen LogP) is 6.19. The molecule has 0 atom stereocenters. The van der Waals surface area contributed by atoms with E-state index in [0.717, 1.165) is 22.3 Å². The first-order valence-corrected chi connectivity index (χ1v) is 12.5. The summed E-state index contributed by atoms with van der Waals surface area (Å²) in [6, 6.07) is 23.1. The van der Waals surface area contributed by atoms with Gasteiger partial charge in [0.05, 0.1) is 6.54 Å². The molecule has 4 rings (SSSR count). The normalized spacial score (nSPS) is 11.3. The van der Waals surface area contributed by atoms with Gasteiger partial charge in [-0.15, -0.1) is 0 Å². The molecule has 1 N–H and O–H groups in total. The Morgan fingerprint density at radius 1 is 0.895 bits per heavy atom. The van der Waals surface area contributed by atoms with Gasteiger partial charge in [-0.25, -0.2) is 4.39 Å². The van der Waals surface area contributed by atoms with Crippen molar-refractivity contribution in [1.29, 1.82) is 0 Å². The molecule has 7 heteroatoms. The Morgan fingerprint density at radius 2 is 1.53 bits per heavy atom. The lowest BCUT2D eigenvalue weighted by molar-refractivity contribution is 0.0713. The molecule has 38 heavy (non-hydrogen) atoms. The second-order valence-electron chi connectivity index (χ2n) is 10.5. The van der Waals surface area contributed by atoms with E-state index in [4.69, 9.17) is 4.52 Å². The molecular weight excluding hydrogens is 481 g/mol. The van der Waals surface area contributed by atoms with Crippen LogP contribution in [0.15, 0.2) is 83.4 Å². The Labute approximate surface area is 222 Å². The van der Waals surface area contributed by atoms with Gasteiger partial charge in [0, 0.05) is 24.7 Å². The lowest BCUT2D eigenvalue weighted by Crippen LogP contribution is -2.30. The van der Waals surface area contributed by atoms with Crippen molar-refractivity contribution >= 4 is 11.8 Å². The summed E-state index contributed by atoms with van der Waals surface area (Å²) in [4.78, 5) is 27.8. The summed E-state index contributed by atoms with van der Waals surface area (Å²) in [5, 5.41) is 6.65. The van der Waals surface area contributed by atoms with E-state index >= 15 is 0 Å². The summed E-state index contributed by atoms with van der Waals surface area (Å²) in [7, 11) is 0. The van der Waals surface area contributed by atoms with E-state index in [2.05, 4.69) is 31.2 Å². The van der Waals surface area contributed by atoms with Crippen molar-refractivity contribution in [2.75, 3.05) is 0 Å². The number of benzene rings is 3. The highest BCUT2D eigenvalue weighted by Crippen LogP contribution is 2.23. The van der Waals surface area contributed by atoms with Crippen LogP contribution in [0.5, 0.6) is 0 Å². The number of nitrogens with one attached hydrogen (secondary N) is 1. The summed E-state index contributed by atoms with van der Waals surface area (Å²) in [5.41, 5.74) is 4.68. The molecule has 0 spiro atoms. The Hall–Kier alpha value is -4.26. The van der Waals surface area contributed by atoms with Crippen molar-refractivity contribution in [3.05, 3.63) is 124 Å². The van der Waals surface area contributed by atoms with Crippen LogP contribution in [-0.4, -0.2) is 21.9 Å². The number of hydrogen-bond acceptors (Lipinski definition) is 4. The monoisotopic (exact) mass is 513 g/mol. The Morgan fingerprint density at radius 3 is 2.16 bits per heavy atom. The minimum absolute atomic E-state index is 0.0172. The zero-order valence-corrected chi connectivity index (χ0v) is 22.1. The van der Waals surface area contributed by atoms with Gasteiger partial charge in [-0.1, -0.05) is 80.0 Å². The third kappa shape index (κ3) is 6.94. The minimum Gasteiger partial charge on any atom is -0.359 e. The first-order valence-electron chi connectivity index (χ1n) is 12.5. The van der Waals surface area contributed by atoms with E-state index in [9.17, 15) is 14.0 Å². The molecule has 0 saturated carbocycles. The fourth-order valence-corrected chi connectivity index (χ4v) is 3.97. The molecule has 0 aliphatic carbocycles. The Balaban J connectivity index is 1.49. The molecule has 0 aliphatic rings. The topological polar surface area (TPSA) is 75.4 Å². The van der Waals surface area contributed by atoms with Crippen molar-refractivity contribution in [2.45, 2.75) is 52.7 Å². The van der Waals surface area contributed by atoms with Crippen LogP contribution in [0.4, 0.5) is 4.39 Å². The van der Waals surface area contributed by atoms with Gasteiger partial charge in [-0.3, -0.25) is 9.59 Å². The molecule has 0 unspecified atom stereocenters. The standard InChI is InChI=1S/C31H32FN3O3/c1-21-5-7-23(8-6-21)19-35(30(37)24-11-13-25(14-12-24)31(2,3)4)20-27-17-28(34-38-27)29(36)33-18-22-9-15-26(32)16-10-22/h5-17H,18-20H2,1-4H3,(H,33,36). The van der Waals surface area contributed by atoms with Crippen molar-refractivity contribution < 1.29 is 18.5 Å². The number of halogens is 1. The van der Waals surface area contributed by atoms with Gasteiger partial charge in [0.25, 0.3) is 11.8 Å². The van der Waals surface area contributed by atoms with E-state index in [-0.39, 0.29) is 35.9 Å². The van der Waals surface area contributed by atoms with Crippen LogP contribution < -0.4 is 5.32 Å². The molecule has 2 amide bonds. The molecule has 0 aliphatic heterocycles. The number of carbonyl (C=O) groups excluding carboxylic acids is 2. The third-order valence-corrected chi connectivity index (χ3v) is 6.28. The maximum atomic E-state index is 13.6. The number of rotatable bonds is 8. The van der Waals surface area contributed by atoms with Crippen LogP contribution in [0.1, 0.15) is 69.6 Å². The van der Waals surface area contributed by atoms with E-state index in [1.807, 2.05) is 55.5 Å². The number of hydrogen-bond donors (Lipinski definition) is 1. The van der Waals surface area contributed by atoms with Crippen LogP contribution in [-0.2, 0) is 25.0 Å². The van der Waals surface area contributed by atoms with Crippen LogP contribution >= 0.6 is 0 Å². The molecule has 4 aromatic rings. The Kier molecular flexibility index (Phi) is 8.05. The first kappa shape index (κ1) is 26.8. The molecule has 3 aromatic carbocycles. The zero-order chi connectivity index (χ0) is 27.3. The molecule has 0 radical (unpaired) electrons. The molecule has 0 bridgehead atoms. The smallest absolute Gasteiger partial charge is 0.273 e. The zero-order valence-electron chi connectivity index (χ0n) is 22.1. The minimum atomic E-state index is -0.418. The molecule has 196 valence electrons. The predicted molar refractivity (Wildman–Crippen MR) is 144 cm³/mol. The number of carbonyl (C=O) groups is 2. The van der Waals surface area contributed by atoms with Crippen LogP contribution in [0.2, 0.25) is 0 Å². The molecule has 0 fully saturated rings. The average molecular weight is 514 g/mol. The lowest BCUT2D eigenvalue weighted by atomic mass is 9.86. The quantitative estimate of drug-likeness (QED) is 0.305. The maximum Gasteiger partial charge on any atom is 0.273 e. The second kappa shape index (κ2) is 11.4. The highest BCUT2D eigenvalue weighted by atomic mass is 19.1. The fraction of sp³-hybridized carbons (Fsp3) is 0.258. The van der Waals surface area contributed by atoms with Gasteiger partial charge in [0.1, 0.15) is 5.82 Å². The average Bonchev–Trinajstić information content (AvgIpc) is 3.37. The van der Waals surface area contributed by atoms with Gasteiger partial charge in [-0.2, -0.15) is 0 Å². The SMILES string of the molecule is Cc1ccc(CN(Cc2cc(C(=O)NCc3ccc(F)cc3)no2)C(=O)c2ccc(C(C)(C)C)cc2)cc1. The highest BCUT2D eigenvalue weighted by molar-refractivity contribution is 5.94. The van der Waals surface area contributed by atoms with E-state index in [1.165, 1.54) is 18.2 Å². The molecule has 1 aromatic heterocycles. The highest BCUT2D eigenvalue weighted by Gasteiger charge is 2.21. The van der Waals surface area contributed by atoms with Gasteiger partial charge in [0.2, 0.25) is 0 Å². The maximum absolute atomic E-state index is 13.6. The van der Waals surface area contributed by atoms with E-state index in [1.54, 1.807) is 17.0 Å². The van der Waals surface area contributed by atoms with E-state index < -0.39 is 5.91 Å². The van der Waals surface area contributed by atoms with Gasteiger partial charge in [0.15, 0.2) is 11.5 Å². The summed E-state index contributed by atoms with van der Waals surface area (Å²) < 4.78 is 18.5. The Bertz CT molecular complexity index is 1390. The van der Waals surface area contributed by atoms with Crippen LogP contribution in [0.3, 0.4) is 0 Å². The molecule has 1 heterocycles.